The Balaban J connectivity index is 1.35. The number of hydrogen-bond donors (Lipinski definition) is 0. The van der Waals surface area contributed by atoms with E-state index in [1.54, 1.807) is 34.8 Å². The summed E-state index contributed by atoms with van der Waals surface area (Å²) in [5.74, 6) is -0.333. The van der Waals surface area contributed by atoms with Crippen molar-refractivity contribution < 1.29 is 19.1 Å². The quantitative estimate of drug-likeness (QED) is 0.658. The maximum atomic E-state index is 13.4. The van der Waals surface area contributed by atoms with Crippen molar-refractivity contribution in [1.29, 1.82) is 0 Å². The average Bonchev–Trinajstić information content (AvgIpc) is 3.50. The number of ether oxygens (including phenoxy) is 2. The molecule has 5 rings (SSSR count). The molecule has 0 radical (unpaired) electrons. The standard InChI is InChI=1S/C23H26N4O4/c1-25(11-16-10-24-26(2)12-16)21(28)19-18-7-8-23(31-18)14-27(22(29)20(19)23)13-15-5-4-6-17(9-15)30-3/h4-10,12,18-20H,11,13-14H2,1-3H3/t18-,19?,20?,23-/m0/s1. The van der Waals surface area contributed by atoms with E-state index >= 15 is 0 Å². The summed E-state index contributed by atoms with van der Waals surface area (Å²) in [6.45, 7) is 1.36. The monoisotopic (exact) mass is 422 g/mol. The van der Waals surface area contributed by atoms with Gasteiger partial charge in [0.25, 0.3) is 0 Å². The van der Waals surface area contributed by atoms with Crippen molar-refractivity contribution >= 4 is 11.8 Å². The van der Waals surface area contributed by atoms with Gasteiger partial charge < -0.3 is 19.3 Å². The molecular weight excluding hydrogens is 396 g/mol. The third-order valence-corrected chi connectivity index (χ3v) is 6.53. The maximum Gasteiger partial charge on any atom is 0.230 e. The fraction of sp³-hybridized carbons (Fsp3) is 0.435. The summed E-state index contributed by atoms with van der Waals surface area (Å²) >= 11 is 0. The first-order chi connectivity index (χ1) is 14.9. The van der Waals surface area contributed by atoms with E-state index in [0.717, 1.165) is 16.9 Å². The van der Waals surface area contributed by atoms with E-state index in [0.29, 0.717) is 19.6 Å². The molecule has 0 aliphatic carbocycles. The summed E-state index contributed by atoms with van der Waals surface area (Å²) in [7, 11) is 5.24. The Kier molecular flexibility index (Phi) is 4.62. The molecule has 1 aromatic heterocycles. The number of aryl methyl sites for hydroxylation is 1. The molecule has 3 aliphatic rings. The minimum Gasteiger partial charge on any atom is -0.497 e. The Labute approximate surface area is 181 Å². The number of rotatable bonds is 6. The van der Waals surface area contributed by atoms with Crippen molar-refractivity contribution in [3.63, 3.8) is 0 Å². The molecule has 1 aromatic carbocycles. The maximum absolute atomic E-state index is 13.4. The van der Waals surface area contributed by atoms with E-state index in [1.807, 2.05) is 49.7 Å². The van der Waals surface area contributed by atoms with Crippen LogP contribution >= 0.6 is 0 Å². The van der Waals surface area contributed by atoms with E-state index in [2.05, 4.69) is 5.10 Å². The zero-order chi connectivity index (χ0) is 21.8. The molecular formula is C23H26N4O4. The zero-order valence-electron chi connectivity index (χ0n) is 17.9. The number of carbonyl (C=O) groups is 2. The Hall–Kier alpha value is -3.13. The van der Waals surface area contributed by atoms with Crippen LogP contribution in [0.5, 0.6) is 5.75 Å². The minimum atomic E-state index is -0.712. The second-order valence-electron chi connectivity index (χ2n) is 8.66. The molecule has 2 saturated heterocycles. The van der Waals surface area contributed by atoms with Crippen LogP contribution in [0.1, 0.15) is 11.1 Å². The number of aromatic nitrogens is 2. The number of hydrogen-bond acceptors (Lipinski definition) is 5. The Morgan fingerprint density at radius 2 is 2.23 bits per heavy atom. The first-order valence-corrected chi connectivity index (χ1v) is 10.4. The molecule has 0 N–H and O–H groups in total. The summed E-state index contributed by atoms with van der Waals surface area (Å²) in [6, 6.07) is 7.69. The van der Waals surface area contributed by atoms with Gasteiger partial charge in [-0.1, -0.05) is 24.3 Å². The van der Waals surface area contributed by atoms with Crippen molar-refractivity contribution in [1.82, 2.24) is 19.6 Å². The van der Waals surface area contributed by atoms with Crippen LogP contribution in [0.2, 0.25) is 0 Å². The van der Waals surface area contributed by atoms with Gasteiger partial charge in [-0.2, -0.15) is 5.10 Å². The second kappa shape index (κ2) is 7.23. The van der Waals surface area contributed by atoms with E-state index in [1.165, 1.54) is 0 Å². The van der Waals surface area contributed by atoms with Crippen molar-refractivity contribution in [2.45, 2.75) is 24.8 Å². The fourth-order valence-electron chi connectivity index (χ4n) is 5.15. The molecule has 2 amide bonds. The topological polar surface area (TPSA) is 76.9 Å². The van der Waals surface area contributed by atoms with Gasteiger partial charge in [0.1, 0.15) is 11.4 Å². The van der Waals surface area contributed by atoms with Crippen molar-refractivity contribution in [2.75, 3.05) is 20.7 Å². The minimum absolute atomic E-state index is 0.0252. The molecule has 1 spiro atoms. The van der Waals surface area contributed by atoms with Gasteiger partial charge >= 0.3 is 0 Å². The van der Waals surface area contributed by atoms with E-state index in [4.69, 9.17) is 9.47 Å². The van der Waals surface area contributed by atoms with Gasteiger partial charge in [0.15, 0.2) is 0 Å². The van der Waals surface area contributed by atoms with Crippen LogP contribution in [0.25, 0.3) is 0 Å². The smallest absolute Gasteiger partial charge is 0.230 e. The molecule has 8 heteroatoms. The fourth-order valence-corrected chi connectivity index (χ4v) is 5.15. The van der Waals surface area contributed by atoms with Gasteiger partial charge in [0, 0.05) is 38.9 Å². The highest BCUT2D eigenvalue weighted by atomic mass is 16.5. The van der Waals surface area contributed by atoms with Crippen LogP contribution < -0.4 is 4.74 Å². The second-order valence-corrected chi connectivity index (χ2v) is 8.66. The number of benzene rings is 1. The third kappa shape index (κ3) is 3.22. The summed E-state index contributed by atoms with van der Waals surface area (Å²) in [5, 5.41) is 4.16. The SMILES string of the molecule is COc1cccc(CN2C[C@]34C=C[C@H](O3)C(C(=O)N(C)Cc3cnn(C)c3)C4C2=O)c1. The lowest BCUT2D eigenvalue weighted by Crippen LogP contribution is -2.44. The molecule has 2 aromatic rings. The van der Waals surface area contributed by atoms with Gasteiger partial charge in [-0.05, 0) is 17.7 Å². The summed E-state index contributed by atoms with van der Waals surface area (Å²) in [5.41, 5.74) is 1.22. The van der Waals surface area contributed by atoms with E-state index in [9.17, 15) is 9.59 Å². The lowest BCUT2D eigenvalue weighted by molar-refractivity contribution is -0.142. The molecule has 4 heterocycles. The molecule has 31 heavy (non-hydrogen) atoms. The highest BCUT2D eigenvalue weighted by molar-refractivity contribution is 5.93. The van der Waals surface area contributed by atoms with Crippen molar-refractivity contribution in [3.05, 3.63) is 59.9 Å². The molecule has 0 saturated carbocycles. The van der Waals surface area contributed by atoms with Crippen LogP contribution in [0.15, 0.2) is 48.8 Å². The van der Waals surface area contributed by atoms with Crippen molar-refractivity contribution in [3.8, 4) is 5.75 Å². The molecule has 3 aliphatic heterocycles. The van der Waals surface area contributed by atoms with Crippen LogP contribution in [-0.2, 0) is 34.5 Å². The molecule has 2 unspecified atom stereocenters. The van der Waals surface area contributed by atoms with Gasteiger partial charge in [0.2, 0.25) is 11.8 Å². The molecule has 2 bridgehead atoms. The van der Waals surface area contributed by atoms with Crippen LogP contribution in [0.4, 0.5) is 0 Å². The zero-order valence-corrected chi connectivity index (χ0v) is 17.9. The number of carbonyl (C=O) groups excluding carboxylic acids is 2. The third-order valence-electron chi connectivity index (χ3n) is 6.53. The normalized spacial score (nSPS) is 28.3. The summed E-state index contributed by atoms with van der Waals surface area (Å²) in [4.78, 5) is 30.3. The molecule has 2 fully saturated rings. The van der Waals surface area contributed by atoms with Crippen LogP contribution in [0.3, 0.4) is 0 Å². The molecule has 4 atom stereocenters. The highest BCUT2D eigenvalue weighted by Crippen LogP contribution is 2.52. The number of amides is 2. The predicted octanol–water partition coefficient (Wildman–Crippen LogP) is 1.37. The number of likely N-dealkylation sites (tertiary alicyclic amines) is 1. The number of methoxy groups -OCH3 is 1. The summed E-state index contributed by atoms with van der Waals surface area (Å²) < 4.78 is 13.3. The first-order valence-electron chi connectivity index (χ1n) is 10.4. The highest BCUT2D eigenvalue weighted by Gasteiger charge is 2.67. The predicted molar refractivity (Wildman–Crippen MR) is 112 cm³/mol. The lowest BCUT2D eigenvalue weighted by Gasteiger charge is -2.27. The number of nitrogens with zero attached hydrogens (tertiary/aromatic N) is 4. The van der Waals surface area contributed by atoms with E-state index < -0.39 is 17.4 Å². The Morgan fingerprint density at radius 3 is 2.97 bits per heavy atom. The Bertz CT molecular complexity index is 1060. The molecule has 8 nitrogen and oxygen atoms in total. The van der Waals surface area contributed by atoms with Crippen LogP contribution in [0, 0.1) is 11.8 Å². The van der Waals surface area contributed by atoms with Gasteiger partial charge in [-0.15, -0.1) is 0 Å². The van der Waals surface area contributed by atoms with E-state index in [-0.39, 0.29) is 17.9 Å². The number of fused-ring (bicyclic) bond motifs is 1. The first kappa shape index (κ1) is 19.8. The van der Waals surface area contributed by atoms with Gasteiger partial charge in [0.05, 0.1) is 37.8 Å². The lowest BCUT2D eigenvalue weighted by atomic mass is 9.76. The van der Waals surface area contributed by atoms with Gasteiger partial charge in [-0.3, -0.25) is 14.3 Å². The summed E-state index contributed by atoms with van der Waals surface area (Å²) in [6.07, 6.45) is 7.21. The van der Waals surface area contributed by atoms with Crippen molar-refractivity contribution in [2.24, 2.45) is 18.9 Å². The Morgan fingerprint density at radius 1 is 1.39 bits per heavy atom. The molecule has 162 valence electrons. The van der Waals surface area contributed by atoms with Crippen LogP contribution in [-0.4, -0.2) is 63.8 Å². The largest absolute Gasteiger partial charge is 0.497 e. The van der Waals surface area contributed by atoms with Gasteiger partial charge in [-0.25, -0.2) is 0 Å². The average molecular weight is 422 g/mol.